The lowest BCUT2D eigenvalue weighted by atomic mass is 10.1. The van der Waals surface area contributed by atoms with Crippen molar-refractivity contribution in [3.63, 3.8) is 0 Å². The van der Waals surface area contributed by atoms with Gasteiger partial charge in [0, 0.05) is 31.7 Å². The van der Waals surface area contributed by atoms with Gasteiger partial charge in [-0.15, -0.1) is 11.6 Å². The van der Waals surface area contributed by atoms with E-state index >= 15 is 0 Å². The predicted octanol–water partition coefficient (Wildman–Crippen LogP) is 2.60. The molecule has 0 aliphatic carbocycles. The quantitative estimate of drug-likeness (QED) is 0.533. The average Bonchev–Trinajstić information content (AvgIpc) is 2.49. The van der Waals surface area contributed by atoms with Gasteiger partial charge in [-0.2, -0.15) is 0 Å². The van der Waals surface area contributed by atoms with Crippen LogP contribution >= 0.6 is 11.6 Å². The number of rotatable bonds is 10. The van der Waals surface area contributed by atoms with Gasteiger partial charge in [0.15, 0.2) is 0 Å². The molecule has 112 valence electrons. The summed E-state index contributed by atoms with van der Waals surface area (Å²) >= 11 is 5.75. The molecule has 1 N–H and O–H groups in total. The van der Waals surface area contributed by atoms with Crippen molar-refractivity contribution in [2.24, 2.45) is 0 Å². The Morgan fingerprint density at radius 2 is 2.10 bits per heavy atom. The molecule has 0 heterocycles. The number of nitrogens with one attached hydrogen (secondary N) is 1. The highest BCUT2D eigenvalue weighted by molar-refractivity contribution is 6.17. The molecule has 1 amide bonds. The number of hydrogen-bond acceptors (Lipinski definition) is 3. The molecule has 0 bridgehead atoms. The van der Waals surface area contributed by atoms with Gasteiger partial charge in [-0.1, -0.05) is 12.1 Å². The molecule has 1 aromatic carbocycles. The molecule has 0 aromatic heterocycles. The second-order valence-electron chi connectivity index (χ2n) is 4.40. The molecule has 0 saturated carbocycles. The van der Waals surface area contributed by atoms with E-state index in [-0.39, 0.29) is 5.91 Å². The maximum Gasteiger partial charge on any atom is 0.251 e. The third kappa shape index (κ3) is 6.89. The van der Waals surface area contributed by atoms with E-state index in [1.807, 2.05) is 18.2 Å². The first-order chi connectivity index (χ1) is 9.77. The largest absolute Gasteiger partial charge is 0.382 e. The average molecular weight is 300 g/mol. The minimum atomic E-state index is -0.0581. The molecule has 0 aliphatic rings. The fourth-order valence-electron chi connectivity index (χ4n) is 1.67. The smallest absolute Gasteiger partial charge is 0.251 e. The van der Waals surface area contributed by atoms with Crippen molar-refractivity contribution in [1.82, 2.24) is 5.32 Å². The van der Waals surface area contributed by atoms with E-state index in [9.17, 15) is 4.79 Å². The number of carbonyl (C=O) groups excluding carboxylic acids is 1. The normalized spacial score (nSPS) is 10.5. The Morgan fingerprint density at radius 1 is 1.25 bits per heavy atom. The van der Waals surface area contributed by atoms with Gasteiger partial charge < -0.3 is 14.8 Å². The van der Waals surface area contributed by atoms with Crippen LogP contribution in [0.2, 0.25) is 0 Å². The van der Waals surface area contributed by atoms with Gasteiger partial charge in [-0.3, -0.25) is 4.79 Å². The van der Waals surface area contributed by atoms with Crippen molar-refractivity contribution < 1.29 is 14.3 Å². The number of amides is 1. The van der Waals surface area contributed by atoms with Gasteiger partial charge in [0.05, 0.1) is 13.2 Å². The Morgan fingerprint density at radius 3 is 2.85 bits per heavy atom. The van der Waals surface area contributed by atoms with Crippen molar-refractivity contribution >= 4 is 17.5 Å². The molecule has 0 aliphatic heterocycles. The first-order valence-corrected chi connectivity index (χ1v) is 7.31. The van der Waals surface area contributed by atoms with Crippen molar-refractivity contribution in [2.75, 3.05) is 33.5 Å². The molecule has 1 aromatic rings. The van der Waals surface area contributed by atoms with E-state index in [1.165, 1.54) is 0 Å². The van der Waals surface area contributed by atoms with E-state index in [0.29, 0.717) is 37.8 Å². The van der Waals surface area contributed by atoms with Crippen molar-refractivity contribution in [2.45, 2.75) is 18.7 Å². The van der Waals surface area contributed by atoms with Crippen LogP contribution in [0, 0.1) is 0 Å². The molecular weight excluding hydrogens is 278 g/mol. The zero-order valence-electron chi connectivity index (χ0n) is 11.9. The summed E-state index contributed by atoms with van der Waals surface area (Å²) in [7, 11) is 1.65. The second kappa shape index (κ2) is 10.7. The highest BCUT2D eigenvalue weighted by Gasteiger charge is 2.04. The van der Waals surface area contributed by atoms with E-state index in [1.54, 1.807) is 13.2 Å². The van der Waals surface area contributed by atoms with Crippen molar-refractivity contribution in [3.8, 4) is 0 Å². The minimum Gasteiger partial charge on any atom is -0.382 e. The number of halogens is 1. The number of methoxy groups -OCH3 is 1. The third-order valence-electron chi connectivity index (χ3n) is 2.78. The Balaban J connectivity index is 2.13. The monoisotopic (exact) mass is 299 g/mol. The third-order valence-corrected chi connectivity index (χ3v) is 3.08. The van der Waals surface area contributed by atoms with Crippen LogP contribution in [0.25, 0.3) is 0 Å². The molecule has 0 fully saturated rings. The summed E-state index contributed by atoms with van der Waals surface area (Å²) in [4.78, 5) is 11.9. The maximum absolute atomic E-state index is 11.9. The lowest BCUT2D eigenvalue weighted by Gasteiger charge is -2.07. The van der Waals surface area contributed by atoms with Crippen molar-refractivity contribution in [1.29, 1.82) is 0 Å². The zero-order chi connectivity index (χ0) is 14.6. The first-order valence-electron chi connectivity index (χ1n) is 6.77. The second-order valence-corrected chi connectivity index (χ2v) is 4.67. The summed E-state index contributed by atoms with van der Waals surface area (Å²) in [5.74, 6) is 0.359. The van der Waals surface area contributed by atoms with Crippen molar-refractivity contribution in [3.05, 3.63) is 35.4 Å². The molecule has 4 nitrogen and oxygen atoms in total. The van der Waals surface area contributed by atoms with Crippen LogP contribution in [0.4, 0.5) is 0 Å². The van der Waals surface area contributed by atoms with Crippen LogP contribution in [0.5, 0.6) is 0 Å². The van der Waals surface area contributed by atoms with Crippen LogP contribution in [-0.2, 0) is 15.4 Å². The maximum atomic E-state index is 11.9. The Labute approximate surface area is 125 Å². The van der Waals surface area contributed by atoms with E-state index in [2.05, 4.69) is 5.32 Å². The predicted molar refractivity (Wildman–Crippen MR) is 80.3 cm³/mol. The molecular formula is C15H22ClNO3. The summed E-state index contributed by atoms with van der Waals surface area (Å²) in [5.41, 5.74) is 1.60. The number of alkyl halides is 1. The Kier molecular flexibility index (Phi) is 9.04. The number of benzene rings is 1. The van der Waals surface area contributed by atoms with E-state index < -0.39 is 0 Å². The fraction of sp³-hybridized carbons (Fsp3) is 0.533. The SMILES string of the molecule is COCCOCCCCNC(=O)c1cccc(CCl)c1. The molecule has 1 rings (SSSR count). The molecule has 20 heavy (non-hydrogen) atoms. The van der Waals surface area contributed by atoms with E-state index in [0.717, 1.165) is 18.4 Å². The molecule has 0 atom stereocenters. The van der Waals surface area contributed by atoms with Gasteiger partial charge in [-0.05, 0) is 30.5 Å². The molecule has 0 radical (unpaired) electrons. The van der Waals surface area contributed by atoms with Gasteiger partial charge in [0.1, 0.15) is 0 Å². The van der Waals surface area contributed by atoms with Crippen LogP contribution in [0.15, 0.2) is 24.3 Å². The van der Waals surface area contributed by atoms with Gasteiger partial charge in [0.25, 0.3) is 5.91 Å². The summed E-state index contributed by atoms with van der Waals surface area (Å²) in [6.45, 7) is 2.58. The van der Waals surface area contributed by atoms with Gasteiger partial charge >= 0.3 is 0 Å². The first kappa shape index (κ1) is 17.0. The highest BCUT2D eigenvalue weighted by Crippen LogP contribution is 2.07. The van der Waals surface area contributed by atoms with Crippen LogP contribution < -0.4 is 5.32 Å². The zero-order valence-corrected chi connectivity index (χ0v) is 12.6. The molecule has 0 spiro atoms. The van der Waals surface area contributed by atoms with Gasteiger partial charge in [-0.25, -0.2) is 0 Å². The summed E-state index contributed by atoms with van der Waals surface area (Å²) in [5, 5.41) is 2.89. The minimum absolute atomic E-state index is 0.0581. The van der Waals surface area contributed by atoms with E-state index in [4.69, 9.17) is 21.1 Å². The molecule has 5 heteroatoms. The lowest BCUT2D eigenvalue weighted by Crippen LogP contribution is -2.24. The lowest BCUT2D eigenvalue weighted by molar-refractivity contribution is 0.0686. The number of unbranched alkanes of at least 4 members (excludes halogenated alkanes) is 1. The van der Waals surface area contributed by atoms with Crippen LogP contribution in [0.1, 0.15) is 28.8 Å². The highest BCUT2D eigenvalue weighted by atomic mass is 35.5. The number of hydrogen-bond donors (Lipinski definition) is 1. The summed E-state index contributed by atoms with van der Waals surface area (Å²) < 4.78 is 10.2. The molecule has 0 saturated heterocycles. The van der Waals surface area contributed by atoms with Crippen LogP contribution in [-0.4, -0.2) is 39.4 Å². The number of carbonyl (C=O) groups is 1. The topological polar surface area (TPSA) is 47.6 Å². The summed E-state index contributed by atoms with van der Waals surface area (Å²) in [6, 6.07) is 7.35. The van der Waals surface area contributed by atoms with Gasteiger partial charge in [0.2, 0.25) is 0 Å². The van der Waals surface area contributed by atoms with Crippen LogP contribution in [0.3, 0.4) is 0 Å². The fourth-order valence-corrected chi connectivity index (χ4v) is 1.84. The standard InChI is InChI=1S/C15H22ClNO3/c1-19-9-10-20-8-3-2-7-17-15(18)14-6-4-5-13(11-14)12-16/h4-6,11H,2-3,7-10,12H2,1H3,(H,17,18). The Bertz CT molecular complexity index is 398. The Hall–Kier alpha value is -1.10. The summed E-state index contributed by atoms with van der Waals surface area (Å²) in [6.07, 6.45) is 1.82. The number of ether oxygens (including phenoxy) is 2. The molecule has 0 unspecified atom stereocenters.